The zero-order chi connectivity index (χ0) is 14.7. The number of carbonyl (C=O) groups excluding carboxylic acids is 1. The Bertz CT molecular complexity index is 648. The summed E-state index contributed by atoms with van der Waals surface area (Å²) in [5.41, 5.74) is 7.39. The number of amides is 1. The number of hydrogen-bond acceptors (Lipinski definition) is 3. The van der Waals surface area contributed by atoms with Crippen molar-refractivity contribution < 1.29 is 9.21 Å². The third-order valence-corrected chi connectivity index (χ3v) is 3.14. The Morgan fingerprint density at radius 3 is 2.80 bits per heavy atom. The second-order valence-electron chi connectivity index (χ2n) is 4.84. The molecule has 1 aromatic carbocycles. The van der Waals surface area contributed by atoms with Crippen LogP contribution in [0.2, 0.25) is 0 Å². The van der Waals surface area contributed by atoms with E-state index in [1.165, 1.54) is 0 Å². The maximum atomic E-state index is 12.4. The molecule has 0 saturated carbocycles. The first-order valence-electron chi connectivity index (χ1n) is 6.59. The molecule has 1 aromatic heterocycles. The average Bonchev–Trinajstić information content (AvgIpc) is 2.79. The van der Waals surface area contributed by atoms with Gasteiger partial charge in [0.2, 0.25) is 0 Å². The van der Waals surface area contributed by atoms with Gasteiger partial charge in [-0.05, 0) is 31.5 Å². The van der Waals surface area contributed by atoms with Gasteiger partial charge in [-0.15, -0.1) is 0 Å². The molecule has 1 heterocycles. The van der Waals surface area contributed by atoms with E-state index < -0.39 is 0 Å². The molecular weight excluding hydrogens is 272 g/mol. The van der Waals surface area contributed by atoms with Crippen molar-refractivity contribution in [2.24, 2.45) is 5.73 Å². The largest absolute Gasteiger partial charge is 0.451 e. The number of nitrogens with zero attached hydrogens (tertiary/aromatic N) is 1. The van der Waals surface area contributed by atoms with E-state index in [0.717, 1.165) is 17.4 Å². The van der Waals surface area contributed by atoms with E-state index in [-0.39, 0.29) is 12.5 Å². The molecule has 2 rings (SSSR count). The van der Waals surface area contributed by atoms with Crippen LogP contribution in [-0.2, 0) is 0 Å². The number of hydrogen-bond donors (Lipinski definition) is 1. The Morgan fingerprint density at radius 2 is 2.15 bits per heavy atom. The molecule has 0 aliphatic heterocycles. The molecule has 0 unspecified atom stereocenters. The van der Waals surface area contributed by atoms with Crippen LogP contribution in [0.1, 0.15) is 29.5 Å². The number of aryl methyl sites for hydroxylation is 1. The van der Waals surface area contributed by atoms with Gasteiger partial charge in [0.25, 0.3) is 5.91 Å². The van der Waals surface area contributed by atoms with Gasteiger partial charge in [-0.1, -0.05) is 30.8 Å². The van der Waals surface area contributed by atoms with Crippen molar-refractivity contribution in [2.75, 3.05) is 13.1 Å². The summed E-state index contributed by atoms with van der Waals surface area (Å²) in [6, 6.07) is 7.60. The van der Waals surface area contributed by atoms with Crippen LogP contribution in [0.25, 0.3) is 11.0 Å². The van der Waals surface area contributed by atoms with E-state index in [1.54, 1.807) is 11.0 Å². The standard InChI is InChI=1S/C15H18N2O2S/c1-3-6-17(9-14(16)20)15(18)13-8-11-7-10(2)4-5-12(11)19-13/h4-5,7-8H,3,6,9H2,1-2H3,(H2,16,20). The second kappa shape index (κ2) is 6.05. The van der Waals surface area contributed by atoms with E-state index in [2.05, 4.69) is 0 Å². The molecule has 0 aliphatic rings. The van der Waals surface area contributed by atoms with Crippen LogP contribution in [-0.4, -0.2) is 28.9 Å². The second-order valence-corrected chi connectivity index (χ2v) is 5.37. The number of furan rings is 1. The van der Waals surface area contributed by atoms with Gasteiger partial charge < -0.3 is 15.1 Å². The highest BCUT2D eigenvalue weighted by molar-refractivity contribution is 7.80. The first-order chi connectivity index (χ1) is 9.51. The van der Waals surface area contributed by atoms with Crippen molar-refractivity contribution >= 4 is 34.1 Å². The van der Waals surface area contributed by atoms with Crippen LogP contribution in [0.5, 0.6) is 0 Å². The summed E-state index contributed by atoms with van der Waals surface area (Å²) in [5.74, 6) is 0.156. The van der Waals surface area contributed by atoms with Crippen molar-refractivity contribution in [3.05, 3.63) is 35.6 Å². The van der Waals surface area contributed by atoms with Gasteiger partial charge in [-0.2, -0.15) is 0 Å². The normalized spacial score (nSPS) is 10.7. The Labute approximate surface area is 123 Å². The lowest BCUT2D eigenvalue weighted by Crippen LogP contribution is -2.38. The maximum absolute atomic E-state index is 12.4. The minimum atomic E-state index is -0.173. The molecule has 2 N–H and O–H groups in total. The van der Waals surface area contributed by atoms with Gasteiger partial charge in [0.15, 0.2) is 5.76 Å². The van der Waals surface area contributed by atoms with Crippen molar-refractivity contribution in [3.8, 4) is 0 Å². The molecule has 1 amide bonds. The summed E-state index contributed by atoms with van der Waals surface area (Å²) < 4.78 is 5.62. The van der Waals surface area contributed by atoms with Crippen molar-refractivity contribution in [2.45, 2.75) is 20.3 Å². The van der Waals surface area contributed by atoms with E-state index in [0.29, 0.717) is 22.9 Å². The summed E-state index contributed by atoms with van der Waals surface area (Å²) in [4.78, 5) is 14.4. The molecular formula is C15H18N2O2S. The summed E-state index contributed by atoms with van der Waals surface area (Å²) in [6.07, 6.45) is 0.841. The van der Waals surface area contributed by atoms with Gasteiger partial charge in [0, 0.05) is 11.9 Å². The predicted molar refractivity (Wildman–Crippen MR) is 83.9 cm³/mol. The number of nitrogens with two attached hydrogens (primary N) is 1. The molecule has 0 atom stereocenters. The molecule has 0 fully saturated rings. The van der Waals surface area contributed by atoms with Crippen molar-refractivity contribution in [1.29, 1.82) is 0 Å². The van der Waals surface area contributed by atoms with E-state index in [4.69, 9.17) is 22.4 Å². The van der Waals surface area contributed by atoms with Gasteiger partial charge in [-0.25, -0.2) is 0 Å². The Kier molecular flexibility index (Phi) is 4.39. The van der Waals surface area contributed by atoms with Gasteiger partial charge in [0.05, 0.1) is 11.5 Å². The highest BCUT2D eigenvalue weighted by atomic mass is 32.1. The first-order valence-corrected chi connectivity index (χ1v) is 7.00. The van der Waals surface area contributed by atoms with Gasteiger partial charge >= 0.3 is 0 Å². The molecule has 4 nitrogen and oxygen atoms in total. The highest BCUT2D eigenvalue weighted by Crippen LogP contribution is 2.21. The Balaban J connectivity index is 2.30. The fourth-order valence-electron chi connectivity index (χ4n) is 2.13. The molecule has 0 bridgehead atoms. The number of carbonyl (C=O) groups is 1. The minimum Gasteiger partial charge on any atom is -0.451 e. The third-order valence-electron chi connectivity index (χ3n) is 3.01. The highest BCUT2D eigenvalue weighted by Gasteiger charge is 2.19. The molecule has 5 heteroatoms. The topological polar surface area (TPSA) is 59.5 Å². The smallest absolute Gasteiger partial charge is 0.289 e. The van der Waals surface area contributed by atoms with Gasteiger partial charge in [-0.3, -0.25) is 4.79 Å². The molecule has 0 aliphatic carbocycles. The molecule has 2 aromatic rings. The molecule has 106 valence electrons. The average molecular weight is 290 g/mol. The van der Waals surface area contributed by atoms with Crippen molar-refractivity contribution in [3.63, 3.8) is 0 Å². The third kappa shape index (κ3) is 3.17. The quantitative estimate of drug-likeness (QED) is 0.860. The number of benzene rings is 1. The van der Waals surface area contributed by atoms with Crippen molar-refractivity contribution in [1.82, 2.24) is 4.90 Å². The zero-order valence-electron chi connectivity index (χ0n) is 11.7. The maximum Gasteiger partial charge on any atom is 0.289 e. The molecule has 20 heavy (non-hydrogen) atoms. The Morgan fingerprint density at radius 1 is 1.40 bits per heavy atom. The monoisotopic (exact) mass is 290 g/mol. The van der Waals surface area contributed by atoms with Crippen LogP contribution in [0, 0.1) is 6.92 Å². The fourth-order valence-corrected chi connectivity index (χ4v) is 2.29. The zero-order valence-corrected chi connectivity index (χ0v) is 12.5. The van der Waals surface area contributed by atoms with E-state index >= 15 is 0 Å². The van der Waals surface area contributed by atoms with E-state index in [9.17, 15) is 4.79 Å². The Hall–Kier alpha value is -1.88. The summed E-state index contributed by atoms with van der Waals surface area (Å²) >= 11 is 4.89. The molecule has 0 saturated heterocycles. The first kappa shape index (κ1) is 14.5. The number of rotatable bonds is 5. The van der Waals surface area contributed by atoms with Crippen LogP contribution in [0.3, 0.4) is 0 Å². The minimum absolute atomic E-state index is 0.173. The van der Waals surface area contributed by atoms with E-state index in [1.807, 2.05) is 32.0 Å². The summed E-state index contributed by atoms with van der Waals surface area (Å²) in [6.45, 7) is 4.89. The lowest BCUT2D eigenvalue weighted by atomic mass is 10.2. The SMILES string of the molecule is CCCN(CC(N)=S)C(=O)c1cc2cc(C)ccc2o1. The van der Waals surface area contributed by atoms with Crippen LogP contribution in [0.4, 0.5) is 0 Å². The lowest BCUT2D eigenvalue weighted by Gasteiger charge is -2.19. The number of fused-ring (bicyclic) bond motifs is 1. The summed E-state index contributed by atoms with van der Waals surface area (Å²) in [7, 11) is 0. The molecule has 0 spiro atoms. The summed E-state index contributed by atoms with van der Waals surface area (Å²) in [5, 5.41) is 0.931. The fraction of sp³-hybridized carbons (Fsp3) is 0.333. The number of thiocarbonyl (C=S) groups is 1. The molecule has 0 radical (unpaired) electrons. The van der Waals surface area contributed by atoms with Crippen LogP contribution >= 0.6 is 12.2 Å². The predicted octanol–water partition coefficient (Wildman–Crippen LogP) is 2.88. The van der Waals surface area contributed by atoms with Crippen LogP contribution in [0.15, 0.2) is 28.7 Å². The van der Waals surface area contributed by atoms with Gasteiger partial charge in [0.1, 0.15) is 5.58 Å². The lowest BCUT2D eigenvalue weighted by molar-refractivity contribution is 0.0750. The van der Waals surface area contributed by atoms with Crippen LogP contribution < -0.4 is 5.73 Å².